The molecule has 1 radical (unpaired) electrons. The molecule has 0 heterocycles. The summed E-state index contributed by atoms with van der Waals surface area (Å²) < 4.78 is 6.34. The molecule has 0 aromatic heterocycles. The number of fused-ring (bicyclic) bond motifs is 18. The lowest BCUT2D eigenvalue weighted by molar-refractivity contribution is 0.195. The fraction of sp³-hybridized carbons (Fsp3) is 0.184. The average molecular weight is 1380 g/mol. The molecule has 0 fully saturated rings. The summed E-state index contributed by atoms with van der Waals surface area (Å²) in [7, 11) is 0.731. The van der Waals surface area contributed by atoms with Crippen molar-refractivity contribution in [2.75, 3.05) is 0 Å². The van der Waals surface area contributed by atoms with Crippen molar-refractivity contribution in [2.24, 2.45) is 71.0 Å². The van der Waals surface area contributed by atoms with Crippen molar-refractivity contribution in [3.05, 3.63) is 378 Å². The van der Waals surface area contributed by atoms with Crippen LogP contribution in [-0.4, -0.2) is 12.7 Å². The molecule has 0 spiro atoms. The van der Waals surface area contributed by atoms with Gasteiger partial charge in [0, 0.05) is 39.0 Å². The van der Waals surface area contributed by atoms with Gasteiger partial charge < -0.3 is 9.68 Å². The van der Waals surface area contributed by atoms with Gasteiger partial charge in [0.15, 0.2) is 0 Å². The van der Waals surface area contributed by atoms with Crippen molar-refractivity contribution in [3.8, 4) is 61.4 Å². The Labute approximate surface area is 610 Å². The summed E-state index contributed by atoms with van der Waals surface area (Å²) in [5, 5.41) is 14.0. The predicted octanol–water partition coefficient (Wildman–Crippen LogP) is 24.5. The zero-order valence-electron chi connectivity index (χ0n) is 58.1. The summed E-state index contributed by atoms with van der Waals surface area (Å²) in [6, 6.07) is 75.7. The summed E-state index contributed by atoms with van der Waals surface area (Å²) in [6.07, 6.45) is 52.3. The van der Waals surface area contributed by atoms with E-state index in [0.717, 1.165) is 12.2 Å². The minimum atomic E-state index is -0.133. The van der Waals surface area contributed by atoms with Crippen LogP contribution in [-0.2, 0) is 10.8 Å². The molecular weight excluding hydrogens is 1300 g/mol. The lowest BCUT2D eigenvalue weighted by atomic mass is 9.56. The van der Waals surface area contributed by atoms with Crippen LogP contribution in [0.4, 0.5) is 0 Å². The van der Waals surface area contributed by atoms with Crippen LogP contribution in [0.2, 0.25) is 0 Å². The Kier molecular flexibility index (Phi) is 16.4. The Morgan fingerprint density at radius 2 is 0.686 bits per heavy atom. The van der Waals surface area contributed by atoms with Gasteiger partial charge in [0.2, 0.25) is 0 Å². The predicted molar refractivity (Wildman–Crippen MR) is 431 cm³/mol. The van der Waals surface area contributed by atoms with Gasteiger partial charge in [0.25, 0.3) is 0 Å². The van der Waals surface area contributed by atoms with Crippen LogP contribution in [0.15, 0.2) is 344 Å². The quantitative estimate of drug-likeness (QED) is 0.127. The number of rotatable bonds is 7. The Morgan fingerprint density at radius 3 is 1.17 bits per heavy atom. The van der Waals surface area contributed by atoms with Crippen molar-refractivity contribution >= 4 is 56.3 Å². The molecule has 0 saturated heterocycles. The highest BCUT2D eigenvalue weighted by atomic mass is 79.9. The maximum absolute atomic E-state index is 8.96. The molecule has 102 heavy (non-hydrogen) atoms. The van der Waals surface area contributed by atoms with E-state index in [-0.39, 0.29) is 10.8 Å². The minimum Gasteiger partial charge on any atom is -0.537 e. The normalized spacial score (nSPS) is 25.6. The van der Waals surface area contributed by atoms with E-state index >= 15 is 0 Å². The topological polar surface area (TPSA) is 29.5 Å². The van der Waals surface area contributed by atoms with Gasteiger partial charge in [0.05, 0.1) is 0 Å². The van der Waals surface area contributed by atoms with Gasteiger partial charge >= 0.3 is 7.69 Å². The highest BCUT2D eigenvalue weighted by molar-refractivity contribution is 9.10. The number of benzene rings is 10. The number of halogens is 1. The minimum absolute atomic E-state index is 0.0908. The zero-order chi connectivity index (χ0) is 68.8. The maximum Gasteiger partial charge on any atom is 0.569 e. The third kappa shape index (κ3) is 11.3. The molecule has 2 nitrogen and oxygen atoms in total. The Bertz CT molecular complexity index is 5440. The molecule has 0 aliphatic heterocycles. The first-order valence-corrected chi connectivity index (χ1v) is 37.5. The van der Waals surface area contributed by atoms with Crippen LogP contribution in [0.25, 0.3) is 88.3 Å². The first-order chi connectivity index (χ1) is 49.9. The van der Waals surface area contributed by atoms with Crippen molar-refractivity contribution in [2.45, 2.75) is 38.5 Å². The van der Waals surface area contributed by atoms with Crippen molar-refractivity contribution in [1.29, 1.82) is 0 Å². The third-order valence-corrected chi connectivity index (χ3v) is 24.9. The molecule has 495 valence electrons. The number of hydrogen-bond donors (Lipinski definition) is 1. The fourth-order valence-electron chi connectivity index (χ4n) is 19.3. The van der Waals surface area contributed by atoms with E-state index in [2.05, 4.69) is 371 Å². The molecule has 10 aliphatic carbocycles. The van der Waals surface area contributed by atoms with E-state index in [9.17, 15) is 0 Å². The molecule has 10 aromatic rings. The lowest BCUT2D eigenvalue weighted by Crippen LogP contribution is -2.40. The molecule has 12 atom stereocenters. The van der Waals surface area contributed by atoms with E-state index in [1.54, 1.807) is 0 Å². The molecule has 10 aliphatic rings. The smallest absolute Gasteiger partial charge is 0.537 e. The molecule has 10 aromatic carbocycles. The van der Waals surface area contributed by atoms with Crippen LogP contribution in [0, 0.1) is 71.0 Å². The van der Waals surface area contributed by atoms with E-state index in [4.69, 9.17) is 9.68 Å². The molecule has 1 N–H and O–H groups in total. The molecule has 12 unspecified atom stereocenters. The van der Waals surface area contributed by atoms with Crippen molar-refractivity contribution in [1.82, 2.24) is 0 Å². The summed E-state index contributed by atoms with van der Waals surface area (Å²) >= 11 is 3.64. The first-order valence-electron chi connectivity index (χ1n) is 36.7. The summed E-state index contributed by atoms with van der Waals surface area (Å²) in [6.45, 7) is 9.28. The SMILES string of the molecule is Brc1cccc(C2=CC3C=CC4C=CC=CC4C3C3C=CC=CC23)c1.CC1(C)c2cc(-c3cccc(C4=CC5C=CC6C=CC=CC6C5C5C=CC=CC45)c3)ccc2-c2ccc(-c3ccc4ccccc4c3)cc21.CC1(C)c2cc(O[B]O)ccc2-c2ccc(-c3ccc4ccccc4c3)cc21. The largest absolute Gasteiger partial charge is 0.569 e. The van der Waals surface area contributed by atoms with Crippen molar-refractivity contribution < 1.29 is 9.68 Å². The highest BCUT2D eigenvalue weighted by Crippen LogP contribution is 2.57. The second kappa shape index (κ2) is 26.1. The maximum atomic E-state index is 8.96. The van der Waals surface area contributed by atoms with Crippen molar-refractivity contribution in [3.63, 3.8) is 0 Å². The monoisotopic (exact) mass is 1380 g/mol. The van der Waals surface area contributed by atoms with Gasteiger partial charge in [-0.3, -0.25) is 0 Å². The van der Waals surface area contributed by atoms with E-state index in [1.165, 1.54) is 122 Å². The van der Waals surface area contributed by atoms with E-state index in [0.29, 0.717) is 76.8 Å². The third-order valence-electron chi connectivity index (χ3n) is 24.4. The second-order valence-corrected chi connectivity index (χ2v) is 31.5. The van der Waals surface area contributed by atoms with Gasteiger partial charge in [-0.15, -0.1) is 0 Å². The van der Waals surface area contributed by atoms with Crippen LogP contribution in [0.1, 0.15) is 61.1 Å². The highest BCUT2D eigenvalue weighted by Gasteiger charge is 2.47. The van der Waals surface area contributed by atoms with E-state index < -0.39 is 0 Å². The van der Waals surface area contributed by atoms with Crippen LogP contribution in [0.3, 0.4) is 0 Å². The molecule has 20 rings (SSSR count). The first kappa shape index (κ1) is 64.0. The zero-order valence-corrected chi connectivity index (χ0v) is 59.7. The van der Waals surface area contributed by atoms with Gasteiger partial charge in [-0.2, -0.15) is 0 Å². The average Bonchev–Trinajstić information content (AvgIpc) is 0.896. The number of allylic oxidation sites excluding steroid dienone is 24. The molecule has 0 saturated carbocycles. The lowest BCUT2D eigenvalue weighted by Gasteiger charge is -2.47. The molecule has 4 heteroatoms. The van der Waals surface area contributed by atoms with Crippen LogP contribution in [0.5, 0.6) is 5.75 Å². The molecule has 0 bridgehead atoms. The molecule has 0 amide bonds. The fourth-order valence-corrected chi connectivity index (χ4v) is 19.7. The Morgan fingerprint density at radius 1 is 0.314 bits per heavy atom. The number of hydrogen-bond acceptors (Lipinski definition) is 2. The summed E-state index contributed by atoms with van der Waals surface area (Å²) in [5.74, 6) is 7.08. The van der Waals surface area contributed by atoms with Gasteiger partial charge in [0.1, 0.15) is 5.75 Å². The molecular formula is C98H81BBrO2. The second-order valence-electron chi connectivity index (χ2n) is 30.6. The van der Waals surface area contributed by atoms with Gasteiger partial charge in [-0.05, 0) is 230 Å². The van der Waals surface area contributed by atoms with Gasteiger partial charge in [-0.1, -0.05) is 323 Å². The van der Waals surface area contributed by atoms with Crippen LogP contribution < -0.4 is 4.65 Å². The van der Waals surface area contributed by atoms with Gasteiger partial charge in [-0.25, -0.2) is 0 Å². The standard InChI is InChI=1S/C49H40.C25H20BO2.C24H21Br/c1-49(2)46-29-36(22-24-42(46)43-25-23-37(30-47(43)49)35-20-18-31-10-3-4-12-33(31)26-35)34-13-9-14-38(27-34)45-28-39-21-19-32-11-5-6-15-40(32)48(39)44-17-8-7-16-41(44)45;1-25(2)23-14-19(18-8-7-16-5-3-4-6-17(16)13-18)9-11-21(23)22-12-10-20(28-26-27)15-24(22)25;25-19-8-5-7-17(14-19)23-15-18-13-12-16-6-1-2-9-20(16)24(18)22-11-4-3-10-21(22)23/h3-30,32,39-41,44,48H,1-2H3;3-15,27H,1-2H3;1-16,18,20-22,24H. The Hall–Kier alpha value is -10.1. The summed E-state index contributed by atoms with van der Waals surface area (Å²) in [4.78, 5) is 0. The Balaban J connectivity index is 0.000000119. The van der Waals surface area contributed by atoms with E-state index in [1.807, 2.05) is 12.1 Å². The summed E-state index contributed by atoms with van der Waals surface area (Å²) in [5.41, 5.74) is 23.6. The van der Waals surface area contributed by atoms with Crippen LogP contribution >= 0.6 is 15.9 Å².